The van der Waals surface area contributed by atoms with Gasteiger partial charge in [-0.1, -0.05) is 28.1 Å². The summed E-state index contributed by atoms with van der Waals surface area (Å²) in [6.45, 7) is 1.77. The highest BCUT2D eigenvalue weighted by atomic mass is 79.9. The van der Waals surface area contributed by atoms with Crippen LogP contribution in [0.5, 0.6) is 0 Å². The van der Waals surface area contributed by atoms with Gasteiger partial charge in [0.15, 0.2) is 0 Å². The van der Waals surface area contributed by atoms with Crippen LogP contribution >= 0.6 is 15.9 Å². The molecule has 1 amide bonds. The Bertz CT molecular complexity index is 419. The maximum Gasteiger partial charge on any atom is 0.222 e. The number of likely N-dealkylation sites (tertiary alicyclic amines) is 1. The standard InChI is InChI=1S/C15H21BrN2O/c1-17-14-3-2-10-18(11-14)15(19)9-6-12-4-7-13(16)8-5-12/h4-5,7-8,14,17H,2-3,6,9-11H2,1H3. The van der Waals surface area contributed by atoms with Crippen LogP contribution in [-0.2, 0) is 11.2 Å². The van der Waals surface area contributed by atoms with Crippen LogP contribution < -0.4 is 5.32 Å². The molecule has 1 atom stereocenters. The van der Waals surface area contributed by atoms with Crippen molar-refractivity contribution in [2.75, 3.05) is 20.1 Å². The summed E-state index contributed by atoms with van der Waals surface area (Å²) in [6, 6.07) is 8.66. The monoisotopic (exact) mass is 324 g/mol. The van der Waals surface area contributed by atoms with Crippen molar-refractivity contribution in [1.29, 1.82) is 0 Å². The van der Waals surface area contributed by atoms with Crippen molar-refractivity contribution in [3.8, 4) is 0 Å². The molecule has 2 rings (SSSR count). The van der Waals surface area contributed by atoms with Gasteiger partial charge in [0, 0.05) is 30.0 Å². The van der Waals surface area contributed by atoms with E-state index in [1.165, 1.54) is 12.0 Å². The second-order valence-electron chi connectivity index (χ2n) is 5.09. The summed E-state index contributed by atoms with van der Waals surface area (Å²) in [6.07, 6.45) is 3.72. The average Bonchev–Trinajstić information content (AvgIpc) is 2.46. The summed E-state index contributed by atoms with van der Waals surface area (Å²) in [7, 11) is 1.97. The Hall–Kier alpha value is -0.870. The number of piperidine rings is 1. The van der Waals surface area contributed by atoms with E-state index >= 15 is 0 Å². The molecule has 1 N–H and O–H groups in total. The lowest BCUT2D eigenvalue weighted by molar-refractivity contribution is -0.132. The number of benzene rings is 1. The summed E-state index contributed by atoms with van der Waals surface area (Å²) in [4.78, 5) is 14.2. The summed E-state index contributed by atoms with van der Waals surface area (Å²) < 4.78 is 1.08. The van der Waals surface area contributed by atoms with Gasteiger partial charge in [-0.2, -0.15) is 0 Å². The van der Waals surface area contributed by atoms with Crippen LogP contribution in [0.3, 0.4) is 0 Å². The van der Waals surface area contributed by atoms with Crippen LogP contribution in [-0.4, -0.2) is 37.0 Å². The van der Waals surface area contributed by atoms with Crippen LogP contribution in [0.15, 0.2) is 28.7 Å². The van der Waals surface area contributed by atoms with E-state index in [0.29, 0.717) is 12.5 Å². The number of hydrogen-bond donors (Lipinski definition) is 1. The first kappa shape index (κ1) is 14.5. The van der Waals surface area contributed by atoms with Crippen molar-refractivity contribution < 1.29 is 4.79 Å². The van der Waals surface area contributed by atoms with Crippen LogP contribution in [0, 0.1) is 0 Å². The molecule has 1 unspecified atom stereocenters. The van der Waals surface area contributed by atoms with Gasteiger partial charge in [0.05, 0.1) is 0 Å². The van der Waals surface area contributed by atoms with Crippen molar-refractivity contribution in [2.45, 2.75) is 31.7 Å². The third-order valence-electron chi connectivity index (χ3n) is 3.72. The minimum Gasteiger partial charge on any atom is -0.341 e. The van der Waals surface area contributed by atoms with Gasteiger partial charge in [-0.3, -0.25) is 4.79 Å². The van der Waals surface area contributed by atoms with E-state index in [4.69, 9.17) is 0 Å². The number of nitrogens with one attached hydrogen (secondary N) is 1. The van der Waals surface area contributed by atoms with E-state index in [9.17, 15) is 4.79 Å². The minimum absolute atomic E-state index is 0.280. The molecule has 0 spiro atoms. The molecule has 0 bridgehead atoms. The lowest BCUT2D eigenvalue weighted by Crippen LogP contribution is -2.47. The minimum atomic E-state index is 0.280. The second kappa shape index (κ2) is 7.06. The number of aryl methyl sites for hydroxylation is 1. The molecular weight excluding hydrogens is 304 g/mol. The van der Waals surface area contributed by atoms with Crippen LogP contribution in [0.25, 0.3) is 0 Å². The fourth-order valence-electron chi connectivity index (χ4n) is 2.50. The zero-order valence-corrected chi connectivity index (χ0v) is 12.9. The Morgan fingerprint density at radius 3 is 2.84 bits per heavy atom. The molecule has 4 heteroatoms. The molecule has 1 saturated heterocycles. The van der Waals surface area contributed by atoms with E-state index < -0.39 is 0 Å². The topological polar surface area (TPSA) is 32.3 Å². The largest absolute Gasteiger partial charge is 0.341 e. The van der Waals surface area contributed by atoms with Crippen molar-refractivity contribution >= 4 is 21.8 Å². The molecule has 1 aromatic carbocycles. The van der Waals surface area contributed by atoms with Gasteiger partial charge in [-0.25, -0.2) is 0 Å². The van der Waals surface area contributed by atoms with E-state index in [1.807, 2.05) is 24.1 Å². The second-order valence-corrected chi connectivity index (χ2v) is 6.01. The molecule has 1 aromatic rings. The predicted molar refractivity (Wildman–Crippen MR) is 81.1 cm³/mol. The zero-order valence-electron chi connectivity index (χ0n) is 11.4. The lowest BCUT2D eigenvalue weighted by atomic mass is 10.0. The Morgan fingerprint density at radius 1 is 1.42 bits per heavy atom. The smallest absolute Gasteiger partial charge is 0.222 e. The molecule has 19 heavy (non-hydrogen) atoms. The molecule has 1 heterocycles. The fraction of sp³-hybridized carbons (Fsp3) is 0.533. The Labute approximate surface area is 123 Å². The number of halogens is 1. The molecule has 1 fully saturated rings. The number of carbonyl (C=O) groups excluding carboxylic acids is 1. The van der Waals surface area contributed by atoms with Gasteiger partial charge < -0.3 is 10.2 Å². The molecule has 1 aliphatic heterocycles. The Morgan fingerprint density at radius 2 is 2.16 bits per heavy atom. The molecule has 0 radical (unpaired) electrons. The molecule has 104 valence electrons. The molecule has 0 aromatic heterocycles. The quantitative estimate of drug-likeness (QED) is 0.923. The number of nitrogens with zero attached hydrogens (tertiary/aromatic N) is 1. The zero-order chi connectivity index (χ0) is 13.7. The van der Waals surface area contributed by atoms with E-state index in [1.54, 1.807) is 0 Å². The van der Waals surface area contributed by atoms with Crippen molar-refractivity contribution in [3.63, 3.8) is 0 Å². The Balaban J connectivity index is 1.82. The predicted octanol–water partition coefficient (Wildman–Crippen LogP) is 2.59. The third-order valence-corrected chi connectivity index (χ3v) is 4.25. The number of carbonyl (C=O) groups is 1. The molecule has 1 aliphatic rings. The highest BCUT2D eigenvalue weighted by Gasteiger charge is 2.21. The van der Waals surface area contributed by atoms with Gasteiger partial charge >= 0.3 is 0 Å². The van der Waals surface area contributed by atoms with Gasteiger partial charge in [0.25, 0.3) is 0 Å². The first-order chi connectivity index (χ1) is 9.19. The molecular formula is C15H21BrN2O. The van der Waals surface area contributed by atoms with Crippen LogP contribution in [0.1, 0.15) is 24.8 Å². The van der Waals surface area contributed by atoms with Crippen LogP contribution in [0.2, 0.25) is 0 Å². The summed E-state index contributed by atoms with van der Waals surface area (Å²) in [5.41, 5.74) is 1.22. The van der Waals surface area contributed by atoms with Gasteiger partial charge in [0.1, 0.15) is 0 Å². The number of amides is 1. The molecule has 3 nitrogen and oxygen atoms in total. The average molecular weight is 325 g/mol. The number of likely N-dealkylation sites (N-methyl/N-ethyl adjacent to an activating group) is 1. The molecule has 0 aliphatic carbocycles. The normalized spacial score (nSPS) is 19.5. The van der Waals surface area contributed by atoms with E-state index in [-0.39, 0.29) is 5.91 Å². The third kappa shape index (κ3) is 4.32. The van der Waals surface area contributed by atoms with Crippen molar-refractivity contribution in [2.24, 2.45) is 0 Å². The summed E-state index contributed by atoms with van der Waals surface area (Å²) >= 11 is 3.42. The van der Waals surface area contributed by atoms with Gasteiger partial charge in [-0.05, 0) is 44.0 Å². The highest BCUT2D eigenvalue weighted by molar-refractivity contribution is 9.10. The number of hydrogen-bond acceptors (Lipinski definition) is 2. The van der Waals surface area contributed by atoms with Crippen molar-refractivity contribution in [3.05, 3.63) is 34.3 Å². The van der Waals surface area contributed by atoms with E-state index in [0.717, 1.165) is 30.4 Å². The number of rotatable bonds is 4. The first-order valence-corrected chi connectivity index (χ1v) is 7.68. The molecule has 0 saturated carbocycles. The first-order valence-electron chi connectivity index (χ1n) is 6.88. The van der Waals surface area contributed by atoms with E-state index in [2.05, 4.69) is 33.4 Å². The highest BCUT2D eigenvalue weighted by Crippen LogP contribution is 2.14. The SMILES string of the molecule is CNC1CCCN(C(=O)CCc2ccc(Br)cc2)C1. The van der Waals surface area contributed by atoms with Crippen LogP contribution in [0.4, 0.5) is 0 Å². The summed E-state index contributed by atoms with van der Waals surface area (Å²) in [5.74, 6) is 0.280. The van der Waals surface area contributed by atoms with Gasteiger partial charge in [0.2, 0.25) is 5.91 Å². The lowest BCUT2D eigenvalue weighted by Gasteiger charge is -2.32. The Kier molecular flexibility index (Phi) is 5.40. The maximum atomic E-state index is 12.2. The maximum absolute atomic E-state index is 12.2. The summed E-state index contributed by atoms with van der Waals surface area (Å²) in [5, 5.41) is 3.27. The van der Waals surface area contributed by atoms with Crippen molar-refractivity contribution in [1.82, 2.24) is 10.2 Å². The van der Waals surface area contributed by atoms with Gasteiger partial charge in [-0.15, -0.1) is 0 Å². The fourth-order valence-corrected chi connectivity index (χ4v) is 2.76.